The van der Waals surface area contributed by atoms with Crippen molar-refractivity contribution in [2.45, 2.75) is 52.0 Å². The maximum absolute atomic E-state index is 6.32. The molecule has 0 aliphatic rings. The van der Waals surface area contributed by atoms with Crippen molar-refractivity contribution in [3.8, 4) is 5.75 Å². The van der Waals surface area contributed by atoms with E-state index in [1.807, 2.05) is 6.07 Å². The van der Waals surface area contributed by atoms with Gasteiger partial charge in [-0.05, 0) is 16.5 Å². The summed E-state index contributed by atoms with van der Waals surface area (Å²) in [4.78, 5) is 0. The lowest BCUT2D eigenvalue weighted by atomic mass is 9.84. The normalized spacial score (nSPS) is 12.3. The van der Waals surface area contributed by atoms with Crippen LogP contribution in [-0.2, 0) is 17.4 Å². The Labute approximate surface area is 140 Å². The third-order valence-corrected chi connectivity index (χ3v) is 4.26. The molecule has 0 aliphatic carbocycles. The van der Waals surface area contributed by atoms with Gasteiger partial charge in [-0.25, -0.2) is 0 Å². The van der Waals surface area contributed by atoms with Gasteiger partial charge in [0.1, 0.15) is 5.75 Å². The Morgan fingerprint density at radius 1 is 0.870 bits per heavy atom. The molecule has 2 heteroatoms. The first-order chi connectivity index (χ1) is 10.8. The third-order valence-electron chi connectivity index (χ3n) is 4.26. The van der Waals surface area contributed by atoms with Crippen LogP contribution in [0.3, 0.4) is 0 Å². The molecule has 0 saturated heterocycles. The highest BCUT2D eigenvalue weighted by Crippen LogP contribution is 2.35. The Balaban J connectivity index is 2.30. The highest BCUT2D eigenvalue weighted by molar-refractivity contribution is 5.45. The first-order valence-corrected chi connectivity index (χ1v) is 8.26. The number of benzene rings is 2. The lowest BCUT2D eigenvalue weighted by Gasteiger charge is -2.29. The van der Waals surface area contributed by atoms with Gasteiger partial charge in [0.15, 0.2) is 0 Å². The molecule has 0 aromatic heterocycles. The van der Waals surface area contributed by atoms with E-state index in [4.69, 9.17) is 10.5 Å². The highest BCUT2D eigenvalue weighted by Gasteiger charge is 2.25. The first kappa shape index (κ1) is 17.6. The monoisotopic (exact) mass is 311 g/mol. The van der Waals surface area contributed by atoms with Crippen molar-refractivity contribution in [2.24, 2.45) is 5.73 Å². The SMILES string of the molecule is CC(C)(C)c1cccc(CN)c1OCC(C)(C)c1ccccc1. The average molecular weight is 311 g/mol. The number of rotatable bonds is 5. The molecular formula is C21H29NO. The molecule has 0 radical (unpaired) electrons. The molecule has 0 unspecified atom stereocenters. The first-order valence-electron chi connectivity index (χ1n) is 8.26. The zero-order valence-electron chi connectivity index (χ0n) is 15.0. The molecule has 2 rings (SSSR count). The van der Waals surface area contributed by atoms with E-state index in [9.17, 15) is 0 Å². The van der Waals surface area contributed by atoms with Crippen LogP contribution in [0, 0.1) is 0 Å². The zero-order chi connectivity index (χ0) is 17.1. The molecule has 2 aromatic carbocycles. The average Bonchev–Trinajstić information content (AvgIpc) is 2.52. The van der Waals surface area contributed by atoms with Crippen LogP contribution in [0.15, 0.2) is 48.5 Å². The molecule has 2 N–H and O–H groups in total. The zero-order valence-corrected chi connectivity index (χ0v) is 15.0. The van der Waals surface area contributed by atoms with Crippen molar-refractivity contribution in [3.63, 3.8) is 0 Å². The number of ether oxygens (including phenoxy) is 1. The lowest BCUT2D eigenvalue weighted by Crippen LogP contribution is -2.27. The summed E-state index contributed by atoms with van der Waals surface area (Å²) >= 11 is 0. The van der Waals surface area contributed by atoms with Gasteiger partial charge in [-0.2, -0.15) is 0 Å². The summed E-state index contributed by atoms with van der Waals surface area (Å²) < 4.78 is 6.32. The van der Waals surface area contributed by atoms with Gasteiger partial charge in [0, 0.05) is 17.5 Å². The summed E-state index contributed by atoms with van der Waals surface area (Å²) in [6.07, 6.45) is 0. The fourth-order valence-corrected chi connectivity index (χ4v) is 2.73. The minimum absolute atomic E-state index is 0.0252. The lowest BCUT2D eigenvalue weighted by molar-refractivity contribution is 0.234. The van der Waals surface area contributed by atoms with Gasteiger partial charge >= 0.3 is 0 Å². The molecule has 0 amide bonds. The van der Waals surface area contributed by atoms with Crippen LogP contribution in [0.4, 0.5) is 0 Å². The molecule has 0 spiro atoms. The van der Waals surface area contributed by atoms with Crippen molar-refractivity contribution in [1.29, 1.82) is 0 Å². The van der Waals surface area contributed by atoms with Crippen molar-refractivity contribution < 1.29 is 4.74 Å². The minimum atomic E-state index is -0.0574. The second-order valence-corrected chi connectivity index (χ2v) is 7.79. The predicted octanol–water partition coefficient (Wildman–Crippen LogP) is 4.80. The van der Waals surface area contributed by atoms with Gasteiger partial charge in [-0.3, -0.25) is 0 Å². The Morgan fingerprint density at radius 3 is 2.09 bits per heavy atom. The van der Waals surface area contributed by atoms with Gasteiger partial charge in [-0.1, -0.05) is 83.1 Å². The van der Waals surface area contributed by atoms with Crippen LogP contribution in [0.25, 0.3) is 0 Å². The van der Waals surface area contributed by atoms with Crippen LogP contribution in [0.1, 0.15) is 51.3 Å². The van der Waals surface area contributed by atoms with E-state index in [-0.39, 0.29) is 10.8 Å². The van der Waals surface area contributed by atoms with Crippen LogP contribution < -0.4 is 10.5 Å². The fraction of sp³-hybridized carbons (Fsp3) is 0.429. The maximum atomic E-state index is 6.32. The van der Waals surface area contributed by atoms with Crippen LogP contribution in [0.5, 0.6) is 5.75 Å². The second kappa shape index (κ2) is 6.76. The summed E-state index contributed by atoms with van der Waals surface area (Å²) in [6.45, 7) is 12.2. The Kier molecular flexibility index (Phi) is 5.16. The van der Waals surface area contributed by atoms with Gasteiger partial charge in [0.2, 0.25) is 0 Å². The maximum Gasteiger partial charge on any atom is 0.127 e. The molecule has 2 nitrogen and oxygen atoms in total. The smallest absolute Gasteiger partial charge is 0.127 e. The predicted molar refractivity (Wildman–Crippen MR) is 98.0 cm³/mol. The van der Waals surface area contributed by atoms with Crippen molar-refractivity contribution in [3.05, 3.63) is 65.2 Å². The van der Waals surface area contributed by atoms with E-state index < -0.39 is 0 Å². The molecule has 0 bridgehead atoms. The molecule has 0 atom stereocenters. The number of hydrogen-bond acceptors (Lipinski definition) is 2. The molecule has 0 heterocycles. The molecule has 124 valence electrons. The van der Waals surface area contributed by atoms with E-state index in [1.54, 1.807) is 0 Å². The summed E-state index contributed by atoms with van der Waals surface area (Å²) in [5.41, 5.74) is 9.46. The number of hydrogen-bond donors (Lipinski definition) is 1. The molecule has 0 aliphatic heterocycles. The fourth-order valence-electron chi connectivity index (χ4n) is 2.73. The Bertz CT molecular complexity index is 639. The highest BCUT2D eigenvalue weighted by atomic mass is 16.5. The van der Waals surface area contributed by atoms with Crippen LogP contribution in [0.2, 0.25) is 0 Å². The standard InChI is InChI=1S/C21H29NO/c1-20(2,3)18-13-9-10-16(14-22)19(18)23-15-21(4,5)17-11-7-6-8-12-17/h6-13H,14-15,22H2,1-5H3. The van der Waals surface area contributed by atoms with E-state index in [0.29, 0.717) is 13.2 Å². The summed E-state index contributed by atoms with van der Waals surface area (Å²) in [5.74, 6) is 0.950. The van der Waals surface area contributed by atoms with Crippen molar-refractivity contribution >= 4 is 0 Å². The van der Waals surface area contributed by atoms with E-state index >= 15 is 0 Å². The van der Waals surface area contributed by atoms with E-state index in [2.05, 4.69) is 77.1 Å². The minimum Gasteiger partial charge on any atom is -0.492 e. The van der Waals surface area contributed by atoms with Crippen LogP contribution >= 0.6 is 0 Å². The second-order valence-electron chi connectivity index (χ2n) is 7.79. The van der Waals surface area contributed by atoms with Crippen molar-refractivity contribution in [2.75, 3.05) is 6.61 Å². The molecular weight excluding hydrogens is 282 g/mol. The topological polar surface area (TPSA) is 35.2 Å². The van der Waals surface area contributed by atoms with Gasteiger partial charge in [0.25, 0.3) is 0 Å². The largest absolute Gasteiger partial charge is 0.492 e. The Morgan fingerprint density at radius 2 is 1.52 bits per heavy atom. The number of para-hydroxylation sites is 1. The van der Waals surface area contributed by atoms with Gasteiger partial charge in [-0.15, -0.1) is 0 Å². The van der Waals surface area contributed by atoms with Gasteiger partial charge in [0.05, 0.1) is 6.61 Å². The quantitative estimate of drug-likeness (QED) is 0.861. The molecule has 2 aromatic rings. The van der Waals surface area contributed by atoms with E-state index in [0.717, 1.165) is 11.3 Å². The molecule has 23 heavy (non-hydrogen) atoms. The summed E-state index contributed by atoms with van der Waals surface area (Å²) in [7, 11) is 0. The van der Waals surface area contributed by atoms with Gasteiger partial charge < -0.3 is 10.5 Å². The summed E-state index contributed by atoms with van der Waals surface area (Å²) in [6, 6.07) is 16.8. The molecule has 0 saturated carbocycles. The van der Waals surface area contributed by atoms with Crippen molar-refractivity contribution in [1.82, 2.24) is 0 Å². The molecule has 0 fully saturated rings. The van der Waals surface area contributed by atoms with E-state index in [1.165, 1.54) is 11.1 Å². The third kappa shape index (κ3) is 4.14. The van der Waals surface area contributed by atoms with Crippen LogP contribution in [-0.4, -0.2) is 6.61 Å². The Hall–Kier alpha value is -1.80. The summed E-state index contributed by atoms with van der Waals surface area (Å²) in [5, 5.41) is 0. The number of nitrogens with two attached hydrogens (primary N) is 1.